The third-order valence-corrected chi connectivity index (χ3v) is 3.65. The van der Waals surface area contributed by atoms with Gasteiger partial charge in [0.25, 0.3) is 0 Å². The van der Waals surface area contributed by atoms with Crippen LogP contribution in [-0.2, 0) is 9.59 Å². The number of thioether (sulfide) groups is 1. The van der Waals surface area contributed by atoms with Crippen LogP contribution in [0.1, 0.15) is 19.3 Å². The zero-order chi connectivity index (χ0) is 8.81. The average Bonchev–Trinajstić information content (AvgIpc) is 2.06. The highest BCUT2D eigenvalue weighted by Gasteiger charge is 2.21. The fourth-order valence-corrected chi connectivity index (χ4v) is 2.96. The summed E-state index contributed by atoms with van der Waals surface area (Å²) in [6.45, 7) is 0. The Morgan fingerprint density at radius 3 is 2.00 bits per heavy atom. The van der Waals surface area contributed by atoms with Crippen molar-refractivity contribution in [1.82, 2.24) is 0 Å². The number of carbonyl (C=O) groups is 2. The van der Waals surface area contributed by atoms with E-state index in [1.807, 2.05) is 11.8 Å². The third kappa shape index (κ3) is 2.97. The van der Waals surface area contributed by atoms with Crippen molar-refractivity contribution in [3.63, 3.8) is 0 Å². The largest absolute Gasteiger partial charge is 0.303 e. The summed E-state index contributed by atoms with van der Waals surface area (Å²) >= 11 is 1.87. The highest BCUT2D eigenvalue weighted by atomic mass is 32.2. The first-order valence-electron chi connectivity index (χ1n) is 4.31. The van der Waals surface area contributed by atoms with E-state index in [0.717, 1.165) is 30.5 Å². The van der Waals surface area contributed by atoms with Crippen molar-refractivity contribution in [3.05, 3.63) is 0 Å². The molecule has 1 rings (SSSR count). The summed E-state index contributed by atoms with van der Waals surface area (Å²) in [6.07, 6.45) is 4.39. The van der Waals surface area contributed by atoms with Gasteiger partial charge in [-0.2, -0.15) is 11.8 Å². The number of carbonyl (C=O) groups excluding carboxylic acids is 2. The zero-order valence-electron chi connectivity index (χ0n) is 7.07. The predicted octanol–water partition coefficient (Wildman–Crippen LogP) is 1.53. The molecule has 1 aliphatic heterocycles. The molecule has 0 radical (unpaired) electrons. The monoisotopic (exact) mass is 186 g/mol. The molecule has 2 nitrogen and oxygen atoms in total. The summed E-state index contributed by atoms with van der Waals surface area (Å²) in [7, 11) is 0. The van der Waals surface area contributed by atoms with Crippen molar-refractivity contribution in [2.24, 2.45) is 11.8 Å². The van der Waals surface area contributed by atoms with Crippen LogP contribution in [0.15, 0.2) is 0 Å². The molecule has 0 aromatic heterocycles. The van der Waals surface area contributed by atoms with Crippen molar-refractivity contribution in [2.75, 3.05) is 11.5 Å². The molecule has 2 unspecified atom stereocenters. The molecule has 0 aromatic carbocycles. The summed E-state index contributed by atoms with van der Waals surface area (Å²) in [4.78, 5) is 20.5. The Morgan fingerprint density at radius 1 is 1.08 bits per heavy atom. The molecule has 1 heterocycles. The van der Waals surface area contributed by atoms with Gasteiger partial charge in [0.05, 0.1) is 0 Å². The minimum absolute atomic E-state index is 0.520. The van der Waals surface area contributed by atoms with Crippen LogP contribution >= 0.6 is 11.8 Å². The Hall–Kier alpha value is -0.310. The van der Waals surface area contributed by atoms with E-state index in [0.29, 0.717) is 24.7 Å². The highest BCUT2D eigenvalue weighted by molar-refractivity contribution is 7.99. The molecule has 1 saturated heterocycles. The Bertz CT molecular complexity index is 143. The molecule has 0 bridgehead atoms. The summed E-state index contributed by atoms with van der Waals surface area (Å²) in [5.41, 5.74) is 0. The maximum Gasteiger partial charge on any atom is 0.120 e. The molecule has 0 spiro atoms. The zero-order valence-corrected chi connectivity index (χ0v) is 7.89. The lowest BCUT2D eigenvalue weighted by molar-refractivity contribution is -0.108. The molecule has 3 heteroatoms. The molecule has 0 amide bonds. The van der Waals surface area contributed by atoms with Gasteiger partial charge < -0.3 is 9.59 Å². The average molecular weight is 186 g/mol. The van der Waals surface area contributed by atoms with Gasteiger partial charge in [0, 0.05) is 12.8 Å². The van der Waals surface area contributed by atoms with Gasteiger partial charge in [-0.25, -0.2) is 0 Å². The SMILES string of the molecule is O=CCC1CSCC(CC=O)C1. The smallest absolute Gasteiger partial charge is 0.120 e. The molecule has 0 aromatic rings. The van der Waals surface area contributed by atoms with Gasteiger partial charge in [-0.1, -0.05) is 0 Å². The molecule has 2 atom stereocenters. The van der Waals surface area contributed by atoms with Crippen molar-refractivity contribution in [2.45, 2.75) is 19.3 Å². The van der Waals surface area contributed by atoms with Crippen LogP contribution in [0.25, 0.3) is 0 Å². The van der Waals surface area contributed by atoms with Gasteiger partial charge in [-0.15, -0.1) is 0 Å². The molecule has 1 aliphatic rings. The molecule has 12 heavy (non-hydrogen) atoms. The van der Waals surface area contributed by atoms with Crippen molar-refractivity contribution < 1.29 is 9.59 Å². The van der Waals surface area contributed by atoms with E-state index in [1.54, 1.807) is 0 Å². The third-order valence-electron chi connectivity index (χ3n) is 2.23. The lowest BCUT2D eigenvalue weighted by atomic mass is 9.92. The first-order chi connectivity index (χ1) is 5.86. The van der Waals surface area contributed by atoms with Gasteiger partial charge in [-0.3, -0.25) is 0 Å². The van der Waals surface area contributed by atoms with E-state index in [2.05, 4.69) is 0 Å². The van der Waals surface area contributed by atoms with E-state index < -0.39 is 0 Å². The summed E-state index contributed by atoms with van der Waals surface area (Å²) in [5.74, 6) is 3.22. The topological polar surface area (TPSA) is 34.1 Å². The highest BCUT2D eigenvalue weighted by Crippen LogP contribution is 2.30. The Balaban J connectivity index is 2.29. The Labute approximate surface area is 77.1 Å². The van der Waals surface area contributed by atoms with Gasteiger partial charge >= 0.3 is 0 Å². The van der Waals surface area contributed by atoms with Crippen molar-refractivity contribution in [1.29, 1.82) is 0 Å². The minimum Gasteiger partial charge on any atom is -0.303 e. The Kier molecular flexibility index (Phi) is 4.36. The van der Waals surface area contributed by atoms with E-state index >= 15 is 0 Å². The van der Waals surface area contributed by atoms with Crippen LogP contribution in [0.3, 0.4) is 0 Å². The van der Waals surface area contributed by atoms with Crippen LogP contribution in [-0.4, -0.2) is 24.1 Å². The van der Waals surface area contributed by atoms with Gasteiger partial charge in [-0.05, 0) is 29.8 Å². The number of aldehydes is 2. The van der Waals surface area contributed by atoms with Crippen LogP contribution in [0.4, 0.5) is 0 Å². The lowest BCUT2D eigenvalue weighted by Crippen LogP contribution is -2.20. The van der Waals surface area contributed by atoms with E-state index in [-0.39, 0.29) is 0 Å². The second kappa shape index (κ2) is 5.36. The number of hydrogen-bond acceptors (Lipinski definition) is 3. The molecule has 68 valence electrons. The van der Waals surface area contributed by atoms with Crippen LogP contribution in [0.5, 0.6) is 0 Å². The molecule has 0 aliphatic carbocycles. The quantitative estimate of drug-likeness (QED) is 0.624. The van der Waals surface area contributed by atoms with Gasteiger partial charge in [0.15, 0.2) is 0 Å². The fraction of sp³-hybridized carbons (Fsp3) is 0.778. The summed E-state index contributed by atoms with van der Waals surface area (Å²) < 4.78 is 0. The Morgan fingerprint density at radius 2 is 1.58 bits per heavy atom. The first kappa shape index (κ1) is 9.78. The summed E-state index contributed by atoms with van der Waals surface area (Å²) in [6, 6.07) is 0. The van der Waals surface area contributed by atoms with Crippen LogP contribution in [0.2, 0.25) is 0 Å². The molecule has 0 N–H and O–H groups in total. The van der Waals surface area contributed by atoms with E-state index in [4.69, 9.17) is 0 Å². The maximum atomic E-state index is 10.3. The standard InChI is InChI=1S/C9H14O2S/c10-3-1-8-5-9(2-4-11)7-12-6-8/h3-4,8-9H,1-2,5-7H2. The minimum atomic E-state index is 0.520. The van der Waals surface area contributed by atoms with Crippen molar-refractivity contribution >= 4 is 24.3 Å². The van der Waals surface area contributed by atoms with E-state index in [1.165, 1.54) is 0 Å². The number of hydrogen-bond donors (Lipinski definition) is 0. The van der Waals surface area contributed by atoms with E-state index in [9.17, 15) is 9.59 Å². The lowest BCUT2D eigenvalue weighted by Gasteiger charge is -2.26. The molecule has 0 saturated carbocycles. The van der Waals surface area contributed by atoms with Gasteiger partial charge in [0.2, 0.25) is 0 Å². The maximum absolute atomic E-state index is 10.3. The first-order valence-corrected chi connectivity index (χ1v) is 5.47. The number of rotatable bonds is 4. The predicted molar refractivity (Wildman–Crippen MR) is 50.3 cm³/mol. The normalized spacial score (nSPS) is 29.7. The summed E-state index contributed by atoms with van der Waals surface area (Å²) in [5, 5.41) is 0. The van der Waals surface area contributed by atoms with Crippen LogP contribution < -0.4 is 0 Å². The van der Waals surface area contributed by atoms with Gasteiger partial charge in [0.1, 0.15) is 12.6 Å². The fourth-order valence-electron chi connectivity index (χ4n) is 1.61. The molecular weight excluding hydrogens is 172 g/mol. The van der Waals surface area contributed by atoms with Crippen molar-refractivity contribution in [3.8, 4) is 0 Å². The second-order valence-corrected chi connectivity index (χ2v) is 4.38. The molecular formula is C9H14O2S. The molecule has 1 fully saturated rings. The van der Waals surface area contributed by atoms with Crippen LogP contribution in [0, 0.1) is 11.8 Å². The second-order valence-electron chi connectivity index (χ2n) is 3.31.